The van der Waals surface area contributed by atoms with Crippen molar-refractivity contribution in [1.82, 2.24) is 14.8 Å². The third-order valence-electron chi connectivity index (χ3n) is 3.82. The minimum atomic E-state index is -0.790. The first-order valence-corrected chi connectivity index (χ1v) is 7.21. The lowest BCUT2D eigenvalue weighted by atomic mass is 9.98. The predicted molar refractivity (Wildman–Crippen MR) is 80.4 cm³/mol. The lowest BCUT2D eigenvalue weighted by Crippen LogP contribution is -2.48. The minimum Gasteiger partial charge on any atom is -0.323 e. The number of hydrogen-bond acceptors (Lipinski definition) is 4. The highest BCUT2D eigenvalue weighted by Crippen LogP contribution is 2.30. The van der Waals surface area contributed by atoms with E-state index in [9.17, 15) is 4.79 Å². The number of nitrogens with two attached hydrogens (primary N) is 1. The van der Waals surface area contributed by atoms with Gasteiger partial charge in [0, 0.05) is 5.02 Å². The Bertz CT molecular complexity index is 649. The van der Waals surface area contributed by atoms with Crippen LogP contribution in [0.15, 0.2) is 30.9 Å². The maximum Gasteiger partial charge on any atom is 0.244 e. The van der Waals surface area contributed by atoms with Crippen LogP contribution in [-0.2, 0) is 4.79 Å². The van der Waals surface area contributed by atoms with E-state index in [-0.39, 0.29) is 5.91 Å². The van der Waals surface area contributed by atoms with Gasteiger partial charge in [-0.3, -0.25) is 4.79 Å². The van der Waals surface area contributed by atoms with Crippen molar-refractivity contribution >= 4 is 23.2 Å². The Labute approximate surface area is 127 Å². The lowest BCUT2D eigenvalue weighted by molar-refractivity contribution is -0.121. The van der Waals surface area contributed by atoms with Crippen LogP contribution >= 0.6 is 11.6 Å². The summed E-state index contributed by atoms with van der Waals surface area (Å²) in [5, 5.41) is 7.50. The maximum atomic E-state index is 12.4. The Balaban J connectivity index is 1.91. The molecular weight excluding hydrogens is 290 g/mol. The van der Waals surface area contributed by atoms with Gasteiger partial charge in [-0.25, -0.2) is 9.67 Å². The zero-order valence-electron chi connectivity index (χ0n) is 11.4. The summed E-state index contributed by atoms with van der Waals surface area (Å²) in [6.45, 7) is 0. The van der Waals surface area contributed by atoms with Gasteiger partial charge in [-0.1, -0.05) is 24.4 Å². The molecular formula is C14H16ClN5O. The molecule has 1 saturated carbocycles. The molecule has 0 radical (unpaired) electrons. The summed E-state index contributed by atoms with van der Waals surface area (Å²) in [5.74, 6) is -0.177. The number of hydrogen-bond donors (Lipinski definition) is 2. The van der Waals surface area contributed by atoms with Crippen LogP contribution in [-0.4, -0.2) is 26.2 Å². The summed E-state index contributed by atoms with van der Waals surface area (Å²) in [4.78, 5) is 16.4. The summed E-state index contributed by atoms with van der Waals surface area (Å²) in [6, 6.07) is 5.21. The van der Waals surface area contributed by atoms with E-state index in [4.69, 9.17) is 17.3 Å². The number of nitrogens with zero attached hydrogens (tertiary/aromatic N) is 3. The molecule has 0 bridgehead atoms. The fourth-order valence-electron chi connectivity index (χ4n) is 2.62. The van der Waals surface area contributed by atoms with Gasteiger partial charge in [0.25, 0.3) is 0 Å². The highest BCUT2D eigenvalue weighted by Gasteiger charge is 2.37. The quantitative estimate of drug-likeness (QED) is 0.909. The fraction of sp³-hybridized carbons (Fsp3) is 0.357. The molecule has 0 spiro atoms. The first-order chi connectivity index (χ1) is 10.1. The second kappa shape index (κ2) is 5.46. The molecule has 0 aliphatic heterocycles. The smallest absolute Gasteiger partial charge is 0.244 e. The molecule has 0 atom stereocenters. The molecule has 1 aromatic carbocycles. The molecule has 6 nitrogen and oxygen atoms in total. The molecule has 0 unspecified atom stereocenters. The van der Waals surface area contributed by atoms with E-state index >= 15 is 0 Å². The SMILES string of the molecule is NC1(C(=O)Nc2cc(Cl)ccc2-n2cncn2)CCCC1. The highest BCUT2D eigenvalue weighted by molar-refractivity contribution is 6.31. The lowest BCUT2D eigenvalue weighted by Gasteiger charge is -2.23. The molecule has 0 saturated heterocycles. The van der Waals surface area contributed by atoms with Gasteiger partial charge in [0.05, 0.1) is 16.9 Å². The minimum absolute atomic E-state index is 0.177. The Morgan fingerprint density at radius 3 is 2.81 bits per heavy atom. The molecule has 1 aliphatic carbocycles. The summed E-state index contributed by atoms with van der Waals surface area (Å²) < 4.78 is 1.57. The molecule has 1 heterocycles. The third-order valence-corrected chi connectivity index (χ3v) is 4.06. The van der Waals surface area contributed by atoms with Crippen molar-refractivity contribution in [2.75, 3.05) is 5.32 Å². The van der Waals surface area contributed by atoms with Gasteiger partial charge in [-0.05, 0) is 31.0 Å². The Hall–Kier alpha value is -1.92. The summed E-state index contributed by atoms with van der Waals surface area (Å²) in [7, 11) is 0. The summed E-state index contributed by atoms with van der Waals surface area (Å²) >= 11 is 6.03. The first-order valence-electron chi connectivity index (χ1n) is 6.83. The van der Waals surface area contributed by atoms with Crippen LogP contribution in [0.3, 0.4) is 0 Å². The van der Waals surface area contributed by atoms with Crippen LogP contribution in [0.4, 0.5) is 5.69 Å². The molecule has 3 N–H and O–H groups in total. The first kappa shape index (κ1) is 14.0. The Kier molecular flexibility index (Phi) is 3.65. The monoisotopic (exact) mass is 305 g/mol. The van der Waals surface area contributed by atoms with E-state index in [1.807, 2.05) is 0 Å². The van der Waals surface area contributed by atoms with Crippen molar-refractivity contribution in [1.29, 1.82) is 0 Å². The van der Waals surface area contributed by atoms with Gasteiger partial charge in [0.2, 0.25) is 5.91 Å². The molecule has 7 heteroatoms. The van der Waals surface area contributed by atoms with E-state index < -0.39 is 5.54 Å². The molecule has 1 amide bonds. The largest absolute Gasteiger partial charge is 0.323 e. The predicted octanol–water partition coefficient (Wildman–Crippen LogP) is 2.13. The third kappa shape index (κ3) is 2.77. The topological polar surface area (TPSA) is 85.8 Å². The van der Waals surface area contributed by atoms with Crippen LogP contribution in [0, 0.1) is 0 Å². The summed E-state index contributed by atoms with van der Waals surface area (Å²) in [6.07, 6.45) is 6.37. The fourth-order valence-corrected chi connectivity index (χ4v) is 2.79. The van der Waals surface area contributed by atoms with Gasteiger partial charge in [-0.15, -0.1) is 0 Å². The van der Waals surface area contributed by atoms with E-state index in [0.717, 1.165) is 12.8 Å². The van der Waals surface area contributed by atoms with Gasteiger partial charge < -0.3 is 11.1 Å². The Morgan fingerprint density at radius 2 is 2.14 bits per heavy atom. The molecule has 1 aliphatic rings. The number of amides is 1. The number of halogens is 1. The van der Waals surface area contributed by atoms with Crippen molar-refractivity contribution < 1.29 is 4.79 Å². The average molecular weight is 306 g/mol. The zero-order valence-corrected chi connectivity index (χ0v) is 12.2. The summed E-state index contributed by atoms with van der Waals surface area (Å²) in [5.41, 5.74) is 6.67. The van der Waals surface area contributed by atoms with Crippen LogP contribution < -0.4 is 11.1 Å². The zero-order chi connectivity index (χ0) is 14.9. The highest BCUT2D eigenvalue weighted by atomic mass is 35.5. The molecule has 1 aromatic heterocycles. The maximum absolute atomic E-state index is 12.4. The second-order valence-corrected chi connectivity index (χ2v) is 5.76. The standard InChI is InChI=1S/C14H16ClN5O/c15-10-3-4-12(20-9-17-8-18-20)11(7-10)19-13(21)14(16)5-1-2-6-14/h3-4,7-9H,1-2,5-6,16H2,(H,19,21). The number of aromatic nitrogens is 3. The van der Waals surface area contributed by atoms with Gasteiger partial charge in [0.15, 0.2) is 0 Å². The van der Waals surface area contributed by atoms with E-state index in [2.05, 4.69) is 15.4 Å². The number of carbonyl (C=O) groups excluding carboxylic acids is 1. The van der Waals surface area contributed by atoms with Crippen molar-refractivity contribution in [2.45, 2.75) is 31.2 Å². The van der Waals surface area contributed by atoms with Crippen molar-refractivity contribution in [3.63, 3.8) is 0 Å². The molecule has 110 valence electrons. The normalized spacial score (nSPS) is 16.9. The van der Waals surface area contributed by atoms with Gasteiger partial charge in [-0.2, -0.15) is 5.10 Å². The number of nitrogens with one attached hydrogen (secondary N) is 1. The van der Waals surface area contributed by atoms with E-state index in [1.165, 1.54) is 6.33 Å². The van der Waals surface area contributed by atoms with Crippen LogP contribution in [0.1, 0.15) is 25.7 Å². The average Bonchev–Trinajstić information content (AvgIpc) is 3.11. The van der Waals surface area contributed by atoms with E-state index in [0.29, 0.717) is 29.2 Å². The molecule has 1 fully saturated rings. The Morgan fingerprint density at radius 1 is 1.38 bits per heavy atom. The van der Waals surface area contributed by atoms with Gasteiger partial charge >= 0.3 is 0 Å². The number of benzene rings is 1. The number of carbonyl (C=O) groups is 1. The second-order valence-electron chi connectivity index (χ2n) is 5.32. The van der Waals surface area contributed by atoms with Crippen LogP contribution in [0.25, 0.3) is 5.69 Å². The molecule has 3 rings (SSSR count). The number of anilines is 1. The van der Waals surface area contributed by atoms with Crippen LogP contribution in [0.2, 0.25) is 5.02 Å². The van der Waals surface area contributed by atoms with Gasteiger partial charge in [0.1, 0.15) is 12.7 Å². The molecule has 21 heavy (non-hydrogen) atoms. The van der Waals surface area contributed by atoms with E-state index in [1.54, 1.807) is 29.2 Å². The van der Waals surface area contributed by atoms with Crippen molar-refractivity contribution in [2.24, 2.45) is 5.73 Å². The molecule has 2 aromatic rings. The van der Waals surface area contributed by atoms with Crippen molar-refractivity contribution in [3.8, 4) is 5.69 Å². The number of rotatable bonds is 3. The van der Waals surface area contributed by atoms with Crippen molar-refractivity contribution in [3.05, 3.63) is 35.9 Å². The van der Waals surface area contributed by atoms with Crippen LogP contribution in [0.5, 0.6) is 0 Å².